The standard InChI is InChI=1S/C8H15BO4/c10-9(11)7-1-3-8(4-2-7)12-5-6-13-8/h7,10-11H,1-6H2. The van der Waals surface area contributed by atoms with Crippen LogP contribution in [0.15, 0.2) is 0 Å². The van der Waals surface area contributed by atoms with E-state index in [1.165, 1.54) is 0 Å². The van der Waals surface area contributed by atoms with Crippen molar-refractivity contribution in [3.63, 3.8) is 0 Å². The fourth-order valence-corrected chi connectivity index (χ4v) is 2.16. The molecule has 1 aliphatic carbocycles. The monoisotopic (exact) mass is 186 g/mol. The van der Waals surface area contributed by atoms with Gasteiger partial charge >= 0.3 is 7.12 Å². The molecule has 0 aromatic carbocycles. The Kier molecular flexibility index (Phi) is 2.60. The summed E-state index contributed by atoms with van der Waals surface area (Å²) >= 11 is 0. The SMILES string of the molecule is OB(O)C1CCC2(CC1)OCCO2. The summed E-state index contributed by atoms with van der Waals surface area (Å²) in [6.07, 6.45) is 3.12. The summed E-state index contributed by atoms with van der Waals surface area (Å²) in [7, 11) is -1.18. The molecule has 0 unspecified atom stereocenters. The first-order valence-electron chi connectivity index (χ1n) is 4.86. The van der Waals surface area contributed by atoms with Crippen LogP contribution in [0.4, 0.5) is 0 Å². The van der Waals surface area contributed by atoms with Crippen LogP contribution in [0, 0.1) is 0 Å². The third kappa shape index (κ3) is 1.88. The van der Waals surface area contributed by atoms with Crippen molar-refractivity contribution in [3.8, 4) is 0 Å². The molecule has 1 aliphatic heterocycles. The van der Waals surface area contributed by atoms with Gasteiger partial charge in [0, 0.05) is 12.8 Å². The van der Waals surface area contributed by atoms with E-state index >= 15 is 0 Å². The van der Waals surface area contributed by atoms with Crippen LogP contribution in [-0.4, -0.2) is 36.2 Å². The lowest BCUT2D eigenvalue weighted by Gasteiger charge is -2.34. The van der Waals surface area contributed by atoms with E-state index in [1.807, 2.05) is 0 Å². The average Bonchev–Trinajstić information content (AvgIpc) is 2.54. The van der Waals surface area contributed by atoms with E-state index in [9.17, 15) is 0 Å². The molecule has 4 nitrogen and oxygen atoms in total. The van der Waals surface area contributed by atoms with Gasteiger partial charge in [0.15, 0.2) is 5.79 Å². The smallest absolute Gasteiger partial charge is 0.427 e. The van der Waals surface area contributed by atoms with Gasteiger partial charge in [-0.25, -0.2) is 0 Å². The third-order valence-electron chi connectivity index (χ3n) is 3.03. The Hall–Kier alpha value is -0.0951. The Bertz CT molecular complexity index is 169. The van der Waals surface area contributed by atoms with E-state index in [0.29, 0.717) is 13.2 Å². The highest BCUT2D eigenvalue weighted by Crippen LogP contribution is 2.40. The zero-order valence-electron chi connectivity index (χ0n) is 7.61. The lowest BCUT2D eigenvalue weighted by molar-refractivity contribution is -0.177. The molecule has 1 spiro atoms. The Balaban J connectivity index is 1.88. The van der Waals surface area contributed by atoms with Crippen molar-refractivity contribution in [1.82, 2.24) is 0 Å². The van der Waals surface area contributed by atoms with Gasteiger partial charge in [0.1, 0.15) is 0 Å². The van der Waals surface area contributed by atoms with Crippen molar-refractivity contribution in [2.45, 2.75) is 37.3 Å². The van der Waals surface area contributed by atoms with E-state index in [4.69, 9.17) is 19.5 Å². The van der Waals surface area contributed by atoms with Gasteiger partial charge in [-0.3, -0.25) is 0 Å². The molecule has 1 saturated carbocycles. The highest BCUT2D eigenvalue weighted by molar-refractivity contribution is 6.43. The summed E-state index contributed by atoms with van der Waals surface area (Å²) in [4.78, 5) is 0. The molecular weight excluding hydrogens is 171 g/mol. The van der Waals surface area contributed by atoms with Crippen molar-refractivity contribution in [1.29, 1.82) is 0 Å². The Morgan fingerprint density at radius 1 is 1.08 bits per heavy atom. The lowest BCUT2D eigenvalue weighted by Crippen LogP contribution is -2.37. The van der Waals surface area contributed by atoms with Gasteiger partial charge in [-0.15, -0.1) is 0 Å². The molecule has 5 heteroatoms. The van der Waals surface area contributed by atoms with Crippen LogP contribution in [-0.2, 0) is 9.47 Å². The average molecular weight is 186 g/mol. The zero-order valence-corrected chi connectivity index (χ0v) is 7.61. The minimum absolute atomic E-state index is 0.00146. The summed E-state index contributed by atoms with van der Waals surface area (Å²) in [6.45, 7) is 1.35. The summed E-state index contributed by atoms with van der Waals surface area (Å²) in [5.41, 5.74) is 0. The van der Waals surface area contributed by atoms with Crippen LogP contribution < -0.4 is 0 Å². The van der Waals surface area contributed by atoms with Crippen molar-refractivity contribution in [2.75, 3.05) is 13.2 Å². The molecule has 1 heterocycles. The quantitative estimate of drug-likeness (QED) is 0.572. The molecule has 74 valence electrons. The molecule has 2 fully saturated rings. The maximum atomic E-state index is 8.98. The summed E-state index contributed by atoms with van der Waals surface area (Å²) in [5, 5.41) is 18.0. The fraction of sp³-hybridized carbons (Fsp3) is 1.00. The minimum Gasteiger partial charge on any atom is -0.427 e. The van der Waals surface area contributed by atoms with Crippen molar-refractivity contribution in [3.05, 3.63) is 0 Å². The van der Waals surface area contributed by atoms with Gasteiger partial charge in [0.05, 0.1) is 13.2 Å². The first-order chi connectivity index (χ1) is 6.22. The first-order valence-corrected chi connectivity index (χ1v) is 4.86. The molecule has 0 atom stereocenters. The Morgan fingerprint density at radius 3 is 2.08 bits per heavy atom. The van der Waals surface area contributed by atoms with E-state index in [0.717, 1.165) is 25.7 Å². The molecule has 0 bridgehead atoms. The molecular formula is C8H15BO4. The molecule has 2 N–H and O–H groups in total. The van der Waals surface area contributed by atoms with Crippen LogP contribution in [0.3, 0.4) is 0 Å². The van der Waals surface area contributed by atoms with Crippen LogP contribution in [0.5, 0.6) is 0 Å². The number of hydrogen-bond donors (Lipinski definition) is 2. The molecule has 1 saturated heterocycles. The summed E-state index contributed by atoms with van der Waals surface area (Å²) in [6, 6.07) is 0. The van der Waals surface area contributed by atoms with Gasteiger partial charge in [0.2, 0.25) is 0 Å². The second-order valence-corrected chi connectivity index (χ2v) is 3.86. The lowest BCUT2D eigenvalue weighted by atomic mass is 9.64. The first kappa shape index (κ1) is 9.46. The van der Waals surface area contributed by atoms with Gasteiger partial charge < -0.3 is 19.5 Å². The van der Waals surface area contributed by atoms with Gasteiger partial charge in [-0.05, 0) is 18.7 Å². The fourth-order valence-electron chi connectivity index (χ4n) is 2.16. The van der Waals surface area contributed by atoms with E-state index < -0.39 is 7.12 Å². The van der Waals surface area contributed by atoms with E-state index in [2.05, 4.69) is 0 Å². The predicted molar refractivity (Wildman–Crippen MR) is 47.0 cm³/mol. The molecule has 13 heavy (non-hydrogen) atoms. The summed E-state index contributed by atoms with van der Waals surface area (Å²) < 4.78 is 11.0. The summed E-state index contributed by atoms with van der Waals surface area (Å²) in [5.74, 6) is -0.385. The molecule has 2 aliphatic rings. The topological polar surface area (TPSA) is 58.9 Å². The Morgan fingerprint density at radius 2 is 1.62 bits per heavy atom. The van der Waals surface area contributed by atoms with Gasteiger partial charge in [0.25, 0.3) is 0 Å². The molecule has 0 amide bonds. The van der Waals surface area contributed by atoms with Crippen molar-refractivity contribution >= 4 is 7.12 Å². The number of ether oxygens (including phenoxy) is 2. The minimum atomic E-state index is -1.18. The van der Waals surface area contributed by atoms with Crippen LogP contribution in [0.2, 0.25) is 5.82 Å². The normalized spacial score (nSPS) is 28.2. The van der Waals surface area contributed by atoms with Crippen LogP contribution in [0.25, 0.3) is 0 Å². The highest BCUT2D eigenvalue weighted by atomic mass is 16.7. The van der Waals surface area contributed by atoms with Gasteiger partial charge in [-0.1, -0.05) is 0 Å². The molecule has 0 radical (unpaired) electrons. The van der Waals surface area contributed by atoms with Gasteiger partial charge in [-0.2, -0.15) is 0 Å². The van der Waals surface area contributed by atoms with Crippen LogP contribution >= 0.6 is 0 Å². The van der Waals surface area contributed by atoms with Crippen molar-refractivity contribution < 1.29 is 19.5 Å². The highest BCUT2D eigenvalue weighted by Gasteiger charge is 2.42. The Labute approximate surface area is 78.0 Å². The predicted octanol–water partition coefficient (Wildman–Crippen LogP) is 0.146. The van der Waals surface area contributed by atoms with Crippen molar-refractivity contribution in [2.24, 2.45) is 0 Å². The largest absolute Gasteiger partial charge is 0.454 e. The van der Waals surface area contributed by atoms with E-state index in [-0.39, 0.29) is 11.6 Å². The molecule has 0 aromatic heterocycles. The second-order valence-electron chi connectivity index (χ2n) is 3.86. The maximum absolute atomic E-state index is 8.98. The number of rotatable bonds is 1. The number of hydrogen-bond acceptors (Lipinski definition) is 4. The van der Waals surface area contributed by atoms with Crippen LogP contribution in [0.1, 0.15) is 25.7 Å². The zero-order chi connectivity index (χ0) is 9.31. The molecule has 2 rings (SSSR count). The maximum Gasteiger partial charge on any atom is 0.454 e. The van der Waals surface area contributed by atoms with E-state index in [1.54, 1.807) is 0 Å². The third-order valence-corrected chi connectivity index (χ3v) is 3.03. The molecule has 0 aromatic rings. The second kappa shape index (κ2) is 3.57.